The van der Waals surface area contributed by atoms with E-state index in [1.807, 2.05) is 47.2 Å². The summed E-state index contributed by atoms with van der Waals surface area (Å²) in [5.74, 6) is 0.111. The smallest absolute Gasteiger partial charge is 0.245 e. The molecule has 1 spiro atoms. The zero-order chi connectivity index (χ0) is 16.1. The number of amides is 2. The van der Waals surface area contributed by atoms with Gasteiger partial charge in [-0.05, 0) is 19.0 Å². The van der Waals surface area contributed by atoms with Gasteiger partial charge in [-0.25, -0.2) is 0 Å². The first-order chi connectivity index (χ1) is 11.1. The monoisotopic (exact) mass is 315 g/mol. The van der Waals surface area contributed by atoms with Crippen LogP contribution in [-0.2, 0) is 19.7 Å². The van der Waals surface area contributed by atoms with E-state index < -0.39 is 11.0 Å². The molecule has 0 aromatic heterocycles. The van der Waals surface area contributed by atoms with Gasteiger partial charge in [-0.1, -0.05) is 30.3 Å². The third kappa shape index (κ3) is 1.95. The zero-order valence-electron chi connectivity index (χ0n) is 13.2. The Labute approximate surface area is 135 Å². The van der Waals surface area contributed by atoms with Gasteiger partial charge in [0.05, 0.1) is 18.7 Å². The highest BCUT2D eigenvalue weighted by molar-refractivity contribution is 5.95. The molecule has 2 amide bonds. The van der Waals surface area contributed by atoms with E-state index in [1.165, 1.54) is 0 Å². The van der Waals surface area contributed by atoms with Crippen LogP contribution in [0.15, 0.2) is 30.3 Å². The molecule has 1 aromatic rings. The maximum atomic E-state index is 13.2. The largest absolute Gasteiger partial charge is 0.380 e. The first kappa shape index (κ1) is 14.7. The summed E-state index contributed by atoms with van der Waals surface area (Å²) in [7, 11) is 1.92. The van der Waals surface area contributed by atoms with Gasteiger partial charge in [0, 0.05) is 19.7 Å². The summed E-state index contributed by atoms with van der Waals surface area (Å²) in [5.41, 5.74) is -0.128. The van der Waals surface area contributed by atoms with Gasteiger partial charge in [-0.3, -0.25) is 14.5 Å². The summed E-state index contributed by atoms with van der Waals surface area (Å²) >= 11 is 0. The van der Waals surface area contributed by atoms with Crippen molar-refractivity contribution in [1.29, 1.82) is 0 Å². The Morgan fingerprint density at radius 2 is 2.00 bits per heavy atom. The van der Waals surface area contributed by atoms with E-state index in [4.69, 9.17) is 4.74 Å². The van der Waals surface area contributed by atoms with Gasteiger partial charge in [0.2, 0.25) is 11.8 Å². The number of rotatable bonds is 2. The minimum absolute atomic E-state index is 0.0282. The fraction of sp³-hybridized carbons (Fsp3) is 0.529. The normalized spacial score (nSPS) is 29.6. The second-order valence-electron chi connectivity index (χ2n) is 6.81. The van der Waals surface area contributed by atoms with Crippen molar-refractivity contribution in [3.8, 4) is 0 Å². The van der Waals surface area contributed by atoms with Crippen molar-refractivity contribution in [3.05, 3.63) is 35.9 Å². The first-order valence-corrected chi connectivity index (χ1v) is 8.01. The van der Waals surface area contributed by atoms with E-state index in [2.05, 4.69) is 5.32 Å². The SMILES string of the molecule is CN1CNC(=O)C12CN(C(=O)C1(c3ccccc3)CCOC1)C2. The second kappa shape index (κ2) is 5.04. The average molecular weight is 315 g/mol. The number of carbonyl (C=O) groups is 2. The summed E-state index contributed by atoms with van der Waals surface area (Å²) in [5, 5.41) is 2.86. The van der Waals surface area contributed by atoms with Gasteiger partial charge in [0.25, 0.3) is 0 Å². The lowest BCUT2D eigenvalue weighted by Crippen LogP contribution is -2.73. The molecule has 3 aliphatic rings. The maximum Gasteiger partial charge on any atom is 0.245 e. The lowest BCUT2D eigenvalue weighted by Gasteiger charge is -2.51. The molecule has 0 aliphatic carbocycles. The Hall–Kier alpha value is -1.92. The van der Waals surface area contributed by atoms with Crippen LogP contribution in [-0.4, -0.2) is 67.2 Å². The molecule has 1 atom stereocenters. The first-order valence-electron chi connectivity index (χ1n) is 8.01. The van der Waals surface area contributed by atoms with E-state index in [0.29, 0.717) is 39.4 Å². The van der Waals surface area contributed by atoms with E-state index >= 15 is 0 Å². The summed E-state index contributed by atoms with van der Waals surface area (Å²) < 4.78 is 5.58. The molecule has 6 heteroatoms. The number of nitrogens with zero attached hydrogens (tertiary/aromatic N) is 2. The van der Waals surface area contributed by atoms with Crippen LogP contribution in [0.4, 0.5) is 0 Å². The van der Waals surface area contributed by atoms with Gasteiger partial charge in [-0.2, -0.15) is 0 Å². The topological polar surface area (TPSA) is 61.9 Å². The quantitative estimate of drug-likeness (QED) is 0.831. The van der Waals surface area contributed by atoms with Crippen LogP contribution in [0.3, 0.4) is 0 Å². The van der Waals surface area contributed by atoms with Crippen LogP contribution in [0.25, 0.3) is 0 Å². The highest BCUT2D eigenvalue weighted by atomic mass is 16.5. The van der Waals surface area contributed by atoms with Gasteiger partial charge in [-0.15, -0.1) is 0 Å². The third-order valence-corrected chi connectivity index (χ3v) is 5.58. The molecule has 6 nitrogen and oxygen atoms in total. The molecule has 4 rings (SSSR count). The molecule has 1 unspecified atom stereocenters. The molecule has 23 heavy (non-hydrogen) atoms. The second-order valence-corrected chi connectivity index (χ2v) is 6.81. The lowest BCUT2D eigenvalue weighted by atomic mass is 9.76. The summed E-state index contributed by atoms with van der Waals surface area (Å²) in [6.07, 6.45) is 0.696. The number of hydrogen-bond donors (Lipinski definition) is 1. The molecule has 0 radical (unpaired) electrons. The molecule has 3 aliphatic heterocycles. The Kier molecular flexibility index (Phi) is 3.21. The van der Waals surface area contributed by atoms with Crippen molar-refractivity contribution >= 4 is 11.8 Å². The molecule has 1 aromatic carbocycles. The van der Waals surface area contributed by atoms with Crippen LogP contribution < -0.4 is 5.32 Å². The molecule has 1 N–H and O–H groups in total. The number of ether oxygens (including phenoxy) is 1. The zero-order valence-corrected chi connectivity index (χ0v) is 13.2. The van der Waals surface area contributed by atoms with Crippen molar-refractivity contribution in [2.75, 3.05) is 40.0 Å². The van der Waals surface area contributed by atoms with Crippen molar-refractivity contribution in [2.24, 2.45) is 0 Å². The van der Waals surface area contributed by atoms with Crippen LogP contribution in [0.1, 0.15) is 12.0 Å². The van der Waals surface area contributed by atoms with E-state index in [0.717, 1.165) is 5.56 Å². The number of carbonyl (C=O) groups excluding carboxylic acids is 2. The number of nitrogens with one attached hydrogen (secondary N) is 1. The number of hydrogen-bond acceptors (Lipinski definition) is 4. The summed E-state index contributed by atoms with van der Waals surface area (Å²) in [6.45, 7) is 2.49. The van der Waals surface area contributed by atoms with E-state index in [9.17, 15) is 9.59 Å². The Morgan fingerprint density at radius 1 is 1.26 bits per heavy atom. The van der Waals surface area contributed by atoms with Crippen LogP contribution in [0.5, 0.6) is 0 Å². The highest BCUT2D eigenvalue weighted by Gasteiger charge is 2.59. The van der Waals surface area contributed by atoms with Crippen LogP contribution >= 0.6 is 0 Å². The predicted molar refractivity (Wildman–Crippen MR) is 83.6 cm³/mol. The van der Waals surface area contributed by atoms with Gasteiger partial charge >= 0.3 is 0 Å². The molecule has 3 saturated heterocycles. The number of benzene rings is 1. The summed E-state index contributed by atoms with van der Waals surface area (Å²) in [6, 6.07) is 9.86. The van der Waals surface area contributed by atoms with Gasteiger partial charge < -0.3 is 15.0 Å². The van der Waals surface area contributed by atoms with E-state index in [-0.39, 0.29) is 11.8 Å². The highest BCUT2D eigenvalue weighted by Crippen LogP contribution is 2.39. The summed E-state index contributed by atoms with van der Waals surface area (Å²) in [4.78, 5) is 29.1. The van der Waals surface area contributed by atoms with Crippen molar-refractivity contribution in [1.82, 2.24) is 15.1 Å². The van der Waals surface area contributed by atoms with Crippen molar-refractivity contribution < 1.29 is 14.3 Å². The predicted octanol–water partition coefficient (Wildman–Crippen LogP) is -0.0552. The Morgan fingerprint density at radius 3 is 2.57 bits per heavy atom. The molecule has 0 saturated carbocycles. The lowest BCUT2D eigenvalue weighted by molar-refractivity contribution is -0.154. The maximum absolute atomic E-state index is 13.2. The molecule has 3 heterocycles. The average Bonchev–Trinajstić information content (AvgIpc) is 3.13. The molecule has 3 fully saturated rings. The van der Waals surface area contributed by atoms with Crippen molar-refractivity contribution in [3.63, 3.8) is 0 Å². The molecular weight excluding hydrogens is 294 g/mol. The standard InChI is InChI=1S/C17H21N3O3/c1-19-12-18-14(21)17(19)9-20(10-17)15(22)16(7-8-23-11-16)13-5-3-2-4-6-13/h2-6H,7-12H2,1H3,(H,18,21). The van der Waals surface area contributed by atoms with Crippen LogP contribution in [0, 0.1) is 0 Å². The molecule has 122 valence electrons. The van der Waals surface area contributed by atoms with Gasteiger partial charge in [0.15, 0.2) is 0 Å². The minimum atomic E-state index is -0.601. The number of likely N-dealkylation sites (N-methyl/N-ethyl adjacent to an activating group) is 1. The number of likely N-dealkylation sites (tertiary alicyclic amines) is 1. The van der Waals surface area contributed by atoms with Gasteiger partial charge in [0.1, 0.15) is 5.54 Å². The Bertz CT molecular complexity index is 634. The third-order valence-electron chi connectivity index (χ3n) is 5.58. The molecule has 0 bridgehead atoms. The fourth-order valence-electron chi connectivity index (χ4n) is 3.94. The fourth-order valence-corrected chi connectivity index (χ4v) is 3.94. The Balaban J connectivity index is 1.58. The van der Waals surface area contributed by atoms with Crippen molar-refractivity contribution in [2.45, 2.75) is 17.4 Å². The van der Waals surface area contributed by atoms with Crippen LogP contribution in [0.2, 0.25) is 0 Å². The minimum Gasteiger partial charge on any atom is -0.380 e. The molecular formula is C17H21N3O3. The van der Waals surface area contributed by atoms with E-state index in [1.54, 1.807) is 0 Å².